The fraction of sp³-hybridized carbons (Fsp3) is 0.667. The van der Waals surface area contributed by atoms with Crippen molar-refractivity contribution >= 4 is 6.72 Å². The van der Waals surface area contributed by atoms with Crippen LogP contribution in [0, 0.1) is 0 Å². The predicted molar refractivity (Wildman–Crippen MR) is 25.2 cm³/mol. The predicted octanol–water partition coefficient (Wildman–Crippen LogP) is -5.66. The third-order valence-corrected chi connectivity index (χ3v) is 0. The van der Waals surface area contributed by atoms with Gasteiger partial charge in [0, 0.05) is 0 Å². The summed E-state index contributed by atoms with van der Waals surface area (Å²) in [5.74, 6) is 0. The maximum atomic E-state index is 3.47. The molecular formula is C3H12I2N2. The van der Waals surface area contributed by atoms with E-state index in [1.165, 1.54) is 0 Å². The van der Waals surface area contributed by atoms with E-state index in [0.29, 0.717) is 0 Å². The van der Waals surface area contributed by atoms with E-state index in [1.54, 1.807) is 4.58 Å². The first-order chi connectivity index (χ1) is 1.73. The maximum Gasteiger partial charge on any atom is 0.131 e. The average Bonchev–Trinajstić information content (AvgIpc) is 0.811. The van der Waals surface area contributed by atoms with E-state index < -0.39 is 0 Å². The van der Waals surface area contributed by atoms with Crippen molar-refractivity contribution < 1.29 is 52.5 Å². The largest absolute Gasteiger partial charge is 1.00 e. The highest BCUT2D eigenvalue weighted by Gasteiger charge is 1.53. The first kappa shape index (κ1) is 24.3. The molecule has 0 aromatic rings. The highest BCUT2D eigenvalue weighted by molar-refractivity contribution is 5.13. The van der Waals surface area contributed by atoms with Crippen LogP contribution >= 0.6 is 0 Å². The quantitative estimate of drug-likeness (QED) is 0.261. The molecule has 0 aliphatic heterocycles. The van der Waals surface area contributed by atoms with Crippen molar-refractivity contribution in [3.63, 3.8) is 0 Å². The summed E-state index contributed by atoms with van der Waals surface area (Å²) in [7, 11) is 3.78. The van der Waals surface area contributed by atoms with Gasteiger partial charge in [0.05, 0.1) is 0 Å². The van der Waals surface area contributed by atoms with Gasteiger partial charge in [-0.15, -0.1) is 0 Å². The van der Waals surface area contributed by atoms with Crippen LogP contribution in [0.1, 0.15) is 0 Å². The summed E-state index contributed by atoms with van der Waals surface area (Å²) in [4.78, 5) is 0. The van der Waals surface area contributed by atoms with Gasteiger partial charge in [0.2, 0.25) is 0 Å². The SMILES string of the molecule is C=[N+](C)C.[I-].[I-].[NH4+]. The second-order valence-electron chi connectivity index (χ2n) is 1.08. The van der Waals surface area contributed by atoms with Gasteiger partial charge in [-0.3, -0.25) is 0 Å². The summed E-state index contributed by atoms with van der Waals surface area (Å²) in [5.41, 5.74) is 0. The molecule has 0 fully saturated rings. The molecule has 0 saturated carbocycles. The molecule has 7 heavy (non-hydrogen) atoms. The number of hydrogen-bond acceptors (Lipinski definition) is 0. The van der Waals surface area contributed by atoms with Gasteiger partial charge < -0.3 is 54.1 Å². The minimum absolute atomic E-state index is 0. The fourth-order valence-corrected chi connectivity index (χ4v) is 0. The molecule has 2 nitrogen and oxygen atoms in total. The second kappa shape index (κ2) is 15.7. The molecule has 0 aromatic heterocycles. The van der Waals surface area contributed by atoms with Crippen molar-refractivity contribution in [3.8, 4) is 0 Å². The summed E-state index contributed by atoms with van der Waals surface area (Å²) in [6.45, 7) is 3.47. The standard InChI is InChI=1S/C3H8N.2HI.H3N/c1-4(2)3;;;/h1H2,2-3H3;2*1H;1H3/q+1;;;/p-1. The number of rotatable bonds is 0. The summed E-state index contributed by atoms with van der Waals surface area (Å²) < 4.78 is 1.75. The molecule has 0 spiro atoms. The molecule has 0 radical (unpaired) electrons. The summed E-state index contributed by atoms with van der Waals surface area (Å²) >= 11 is 0. The van der Waals surface area contributed by atoms with Gasteiger partial charge in [-0.1, -0.05) is 0 Å². The van der Waals surface area contributed by atoms with Crippen LogP contribution in [0.2, 0.25) is 0 Å². The third kappa shape index (κ3) is 155. The second-order valence-corrected chi connectivity index (χ2v) is 1.08. The molecule has 0 heterocycles. The first-order valence-electron chi connectivity index (χ1n) is 1.21. The number of halogens is 2. The summed E-state index contributed by atoms with van der Waals surface area (Å²) in [6.07, 6.45) is 0. The van der Waals surface area contributed by atoms with Gasteiger partial charge in [0.1, 0.15) is 20.8 Å². The Morgan fingerprint density at radius 2 is 1.14 bits per heavy atom. The van der Waals surface area contributed by atoms with Crippen molar-refractivity contribution in [2.24, 2.45) is 0 Å². The Balaban J connectivity index is -0.0000000150. The zero-order valence-electron chi connectivity index (χ0n) is 4.91. The third-order valence-electron chi connectivity index (χ3n) is 0. The van der Waals surface area contributed by atoms with Crippen LogP contribution in [-0.2, 0) is 0 Å². The van der Waals surface area contributed by atoms with Gasteiger partial charge in [-0.2, -0.15) is 0 Å². The monoisotopic (exact) mass is 330 g/mol. The van der Waals surface area contributed by atoms with Crippen LogP contribution < -0.4 is 54.1 Å². The Bertz CT molecular complexity index is 33.9. The van der Waals surface area contributed by atoms with Crippen molar-refractivity contribution in [1.82, 2.24) is 6.15 Å². The van der Waals surface area contributed by atoms with Crippen LogP contribution in [-0.4, -0.2) is 25.4 Å². The number of quaternary nitrogens is 1. The Labute approximate surface area is 79.0 Å². The van der Waals surface area contributed by atoms with Gasteiger partial charge in [0.25, 0.3) is 0 Å². The smallest absolute Gasteiger partial charge is 0.131 e. The van der Waals surface area contributed by atoms with Crippen LogP contribution in [0.15, 0.2) is 0 Å². The molecule has 0 rings (SSSR count). The molecule has 0 bridgehead atoms. The van der Waals surface area contributed by atoms with Gasteiger partial charge in [0.15, 0.2) is 0 Å². The van der Waals surface area contributed by atoms with E-state index in [4.69, 9.17) is 0 Å². The lowest BCUT2D eigenvalue weighted by Crippen LogP contribution is -3.00. The highest BCUT2D eigenvalue weighted by atomic mass is 127. The fourth-order valence-electron chi connectivity index (χ4n) is 0. The highest BCUT2D eigenvalue weighted by Crippen LogP contribution is 1.30. The minimum atomic E-state index is 0. The van der Waals surface area contributed by atoms with Crippen LogP contribution in [0.3, 0.4) is 0 Å². The van der Waals surface area contributed by atoms with Gasteiger partial charge in [-0.25, -0.2) is 4.58 Å². The van der Waals surface area contributed by atoms with Crippen LogP contribution in [0.25, 0.3) is 0 Å². The molecule has 4 N–H and O–H groups in total. The lowest BCUT2D eigenvalue weighted by molar-refractivity contribution is -0.454. The van der Waals surface area contributed by atoms with Gasteiger partial charge >= 0.3 is 0 Å². The zero-order chi connectivity index (χ0) is 3.58. The summed E-state index contributed by atoms with van der Waals surface area (Å²) in [6, 6.07) is 0. The van der Waals surface area contributed by atoms with E-state index in [0.717, 1.165) is 0 Å². The minimum Gasteiger partial charge on any atom is -1.00 e. The summed E-state index contributed by atoms with van der Waals surface area (Å²) in [5, 5.41) is 0. The molecule has 0 saturated heterocycles. The van der Waals surface area contributed by atoms with Gasteiger partial charge in [-0.05, 0) is 0 Å². The molecule has 4 heteroatoms. The van der Waals surface area contributed by atoms with Crippen molar-refractivity contribution in [3.05, 3.63) is 0 Å². The lowest BCUT2D eigenvalue weighted by atomic mass is 11.1. The molecule has 0 aliphatic carbocycles. The zero-order valence-corrected chi connectivity index (χ0v) is 9.23. The van der Waals surface area contributed by atoms with E-state index in [1.807, 2.05) is 14.1 Å². The van der Waals surface area contributed by atoms with Crippen molar-refractivity contribution in [1.29, 1.82) is 0 Å². The average molecular weight is 330 g/mol. The maximum absolute atomic E-state index is 3.47. The Kier molecular flexibility index (Phi) is 54.6. The Morgan fingerprint density at radius 1 is 1.14 bits per heavy atom. The van der Waals surface area contributed by atoms with E-state index in [2.05, 4.69) is 6.72 Å². The molecular weight excluding hydrogens is 318 g/mol. The van der Waals surface area contributed by atoms with E-state index in [9.17, 15) is 0 Å². The molecule has 0 unspecified atom stereocenters. The number of nitrogens with zero attached hydrogens (tertiary/aromatic N) is 1. The molecule has 0 atom stereocenters. The molecule has 0 aromatic carbocycles. The molecule has 0 amide bonds. The van der Waals surface area contributed by atoms with Crippen molar-refractivity contribution in [2.75, 3.05) is 14.1 Å². The van der Waals surface area contributed by atoms with E-state index >= 15 is 0 Å². The molecule has 0 aliphatic rings. The van der Waals surface area contributed by atoms with Crippen molar-refractivity contribution in [2.45, 2.75) is 0 Å². The normalized spacial score (nSPS) is 3.71. The lowest BCUT2D eigenvalue weighted by Gasteiger charge is -1.65. The number of hydrogen-bond donors (Lipinski definition) is 1. The van der Waals surface area contributed by atoms with Crippen LogP contribution in [0.5, 0.6) is 0 Å². The Hall–Kier alpha value is 1.09. The molecule has 48 valence electrons. The van der Waals surface area contributed by atoms with Crippen LogP contribution in [0.4, 0.5) is 0 Å². The first-order valence-corrected chi connectivity index (χ1v) is 1.21. The topological polar surface area (TPSA) is 39.5 Å². The van der Waals surface area contributed by atoms with E-state index in [-0.39, 0.29) is 54.1 Å². The Morgan fingerprint density at radius 3 is 1.14 bits per heavy atom.